The Hall–Kier alpha value is -1.35. The second-order valence-corrected chi connectivity index (χ2v) is 6.45. The summed E-state index contributed by atoms with van der Waals surface area (Å²) in [5.74, 6) is 0.370. The third kappa shape index (κ3) is 2.88. The third-order valence-corrected chi connectivity index (χ3v) is 5.14. The van der Waals surface area contributed by atoms with E-state index in [-0.39, 0.29) is 11.5 Å². The van der Waals surface area contributed by atoms with Gasteiger partial charge in [-0.3, -0.25) is 9.69 Å². The van der Waals surface area contributed by atoms with E-state index >= 15 is 0 Å². The van der Waals surface area contributed by atoms with Crippen molar-refractivity contribution >= 4 is 5.78 Å². The summed E-state index contributed by atoms with van der Waals surface area (Å²) in [6, 6.07) is 6.58. The average molecular weight is 273 g/mol. The number of rotatable bonds is 3. The van der Waals surface area contributed by atoms with Crippen LogP contribution in [0, 0.1) is 5.41 Å². The van der Waals surface area contributed by atoms with E-state index in [0.29, 0.717) is 17.5 Å². The van der Waals surface area contributed by atoms with Gasteiger partial charge in [-0.1, -0.05) is 12.8 Å². The Morgan fingerprint density at radius 1 is 1.05 bits per heavy atom. The molecule has 0 bridgehead atoms. The number of carbonyl (C=O) groups excluding carboxylic acids is 1. The molecule has 108 valence electrons. The van der Waals surface area contributed by atoms with Crippen LogP contribution in [0.5, 0.6) is 5.75 Å². The van der Waals surface area contributed by atoms with E-state index in [0.717, 1.165) is 13.1 Å². The molecule has 2 fully saturated rings. The predicted molar refractivity (Wildman–Crippen MR) is 79.0 cm³/mol. The molecule has 1 aromatic rings. The number of phenolic OH excluding ortho intramolecular Hbond substituents is 1. The highest BCUT2D eigenvalue weighted by molar-refractivity contribution is 5.97. The maximum atomic E-state index is 12.2. The predicted octanol–water partition coefficient (Wildman–Crippen LogP) is 3.23. The fraction of sp³-hybridized carbons (Fsp3) is 0.588. The highest BCUT2D eigenvalue weighted by Crippen LogP contribution is 2.46. The van der Waals surface area contributed by atoms with Gasteiger partial charge in [0, 0.05) is 5.56 Å². The zero-order chi connectivity index (χ0) is 14.0. The maximum Gasteiger partial charge on any atom is 0.176 e. The number of aromatic hydroxyl groups is 1. The third-order valence-electron chi connectivity index (χ3n) is 5.14. The topological polar surface area (TPSA) is 40.5 Å². The van der Waals surface area contributed by atoms with E-state index in [4.69, 9.17) is 0 Å². The Morgan fingerprint density at radius 3 is 2.25 bits per heavy atom. The molecule has 0 unspecified atom stereocenters. The van der Waals surface area contributed by atoms with E-state index in [1.165, 1.54) is 38.5 Å². The van der Waals surface area contributed by atoms with Crippen molar-refractivity contribution in [2.75, 3.05) is 19.6 Å². The summed E-state index contributed by atoms with van der Waals surface area (Å²) >= 11 is 0. The number of nitrogens with zero attached hydrogens (tertiary/aromatic N) is 1. The van der Waals surface area contributed by atoms with Crippen LogP contribution in [0.25, 0.3) is 0 Å². The summed E-state index contributed by atoms with van der Waals surface area (Å²) in [4.78, 5) is 14.5. The van der Waals surface area contributed by atoms with Crippen molar-refractivity contribution in [2.45, 2.75) is 38.5 Å². The van der Waals surface area contributed by atoms with Crippen LogP contribution in [0.4, 0.5) is 0 Å². The molecule has 1 N–H and O–H groups in total. The largest absolute Gasteiger partial charge is 0.508 e. The quantitative estimate of drug-likeness (QED) is 0.860. The summed E-state index contributed by atoms with van der Waals surface area (Å²) in [5.41, 5.74) is 1.31. The van der Waals surface area contributed by atoms with Crippen molar-refractivity contribution in [1.29, 1.82) is 0 Å². The number of hydrogen-bond donors (Lipinski definition) is 1. The van der Waals surface area contributed by atoms with Crippen LogP contribution in [-0.2, 0) is 0 Å². The van der Waals surface area contributed by atoms with E-state index in [1.54, 1.807) is 24.3 Å². The number of phenols is 1. The first-order chi connectivity index (χ1) is 9.67. The molecule has 0 aromatic heterocycles. The molecule has 1 saturated carbocycles. The van der Waals surface area contributed by atoms with Gasteiger partial charge in [0.1, 0.15) is 5.75 Å². The standard InChI is InChI=1S/C17H23NO2/c19-15-5-3-14(4-6-15)16(20)13-18-11-9-17(10-12-18)7-1-2-8-17/h3-6,19H,1-2,7-13H2. The molecule has 3 rings (SSSR count). The van der Waals surface area contributed by atoms with Gasteiger partial charge in [-0.2, -0.15) is 0 Å². The van der Waals surface area contributed by atoms with Gasteiger partial charge >= 0.3 is 0 Å². The van der Waals surface area contributed by atoms with E-state index in [2.05, 4.69) is 4.90 Å². The average Bonchev–Trinajstić information content (AvgIpc) is 2.91. The molecule has 2 aliphatic rings. The van der Waals surface area contributed by atoms with Crippen molar-refractivity contribution in [3.8, 4) is 5.75 Å². The number of carbonyl (C=O) groups is 1. The summed E-state index contributed by atoms with van der Waals surface area (Å²) in [6.45, 7) is 2.63. The Balaban J connectivity index is 1.54. The second kappa shape index (κ2) is 5.57. The minimum Gasteiger partial charge on any atom is -0.508 e. The van der Waals surface area contributed by atoms with Crippen molar-refractivity contribution in [3.05, 3.63) is 29.8 Å². The summed E-state index contributed by atoms with van der Waals surface area (Å²) in [6.07, 6.45) is 8.10. The first-order valence-corrected chi connectivity index (χ1v) is 7.72. The molecule has 1 saturated heterocycles. The second-order valence-electron chi connectivity index (χ2n) is 6.45. The summed E-state index contributed by atoms with van der Waals surface area (Å²) in [7, 11) is 0. The van der Waals surface area contributed by atoms with Crippen LogP contribution in [0.15, 0.2) is 24.3 Å². The molecular formula is C17H23NO2. The lowest BCUT2D eigenvalue weighted by atomic mass is 9.77. The highest BCUT2D eigenvalue weighted by Gasteiger charge is 2.37. The van der Waals surface area contributed by atoms with Crippen molar-refractivity contribution in [2.24, 2.45) is 5.41 Å². The zero-order valence-electron chi connectivity index (χ0n) is 12.0. The molecule has 3 heteroatoms. The summed E-state index contributed by atoms with van der Waals surface area (Å²) in [5, 5.41) is 9.26. The van der Waals surface area contributed by atoms with Crippen LogP contribution < -0.4 is 0 Å². The van der Waals surface area contributed by atoms with Gasteiger partial charge < -0.3 is 5.11 Å². The molecule has 0 atom stereocenters. The minimum atomic E-state index is 0.160. The van der Waals surface area contributed by atoms with Gasteiger partial charge in [-0.25, -0.2) is 0 Å². The van der Waals surface area contributed by atoms with Gasteiger partial charge in [-0.05, 0) is 68.5 Å². The molecule has 20 heavy (non-hydrogen) atoms. The van der Waals surface area contributed by atoms with Gasteiger partial charge in [0.05, 0.1) is 6.54 Å². The van der Waals surface area contributed by atoms with Crippen molar-refractivity contribution in [1.82, 2.24) is 4.90 Å². The van der Waals surface area contributed by atoms with Crippen LogP contribution in [0.2, 0.25) is 0 Å². The molecule has 0 radical (unpaired) electrons. The molecule has 3 nitrogen and oxygen atoms in total. The monoisotopic (exact) mass is 273 g/mol. The van der Waals surface area contributed by atoms with Crippen LogP contribution in [-0.4, -0.2) is 35.4 Å². The molecule has 1 aromatic carbocycles. The van der Waals surface area contributed by atoms with Crippen LogP contribution >= 0.6 is 0 Å². The molecule has 1 aliphatic heterocycles. The lowest BCUT2D eigenvalue weighted by Gasteiger charge is -2.39. The van der Waals surface area contributed by atoms with Gasteiger partial charge in [-0.15, -0.1) is 0 Å². The lowest BCUT2D eigenvalue weighted by molar-refractivity contribution is 0.0797. The van der Waals surface area contributed by atoms with Gasteiger partial charge in [0.15, 0.2) is 5.78 Å². The number of ketones is 1. The fourth-order valence-electron chi connectivity index (χ4n) is 3.75. The number of likely N-dealkylation sites (tertiary alicyclic amines) is 1. The zero-order valence-corrected chi connectivity index (χ0v) is 12.0. The van der Waals surface area contributed by atoms with E-state index < -0.39 is 0 Å². The Morgan fingerprint density at radius 2 is 1.65 bits per heavy atom. The maximum absolute atomic E-state index is 12.2. The summed E-state index contributed by atoms with van der Waals surface area (Å²) < 4.78 is 0. The first kappa shape index (κ1) is 13.6. The van der Waals surface area contributed by atoms with Crippen molar-refractivity contribution < 1.29 is 9.90 Å². The normalized spacial score (nSPS) is 22.2. The van der Waals surface area contributed by atoms with Crippen LogP contribution in [0.3, 0.4) is 0 Å². The number of hydrogen-bond acceptors (Lipinski definition) is 3. The minimum absolute atomic E-state index is 0.160. The number of Topliss-reactive ketones (excluding diaryl/α,β-unsaturated/α-hetero) is 1. The Labute approximate surface area is 120 Å². The Bertz CT molecular complexity index is 464. The first-order valence-electron chi connectivity index (χ1n) is 7.72. The molecule has 1 heterocycles. The molecule has 1 spiro atoms. The molecule has 0 amide bonds. The van der Waals surface area contributed by atoms with Crippen LogP contribution in [0.1, 0.15) is 48.9 Å². The Kier molecular flexibility index (Phi) is 3.79. The number of piperidine rings is 1. The van der Waals surface area contributed by atoms with E-state index in [1.807, 2.05) is 0 Å². The molecule has 1 aliphatic carbocycles. The number of benzene rings is 1. The molecular weight excluding hydrogens is 250 g/mol. The van der Waals surface area contributed by atoms with Crippen molar-refractivity contribution in [3.63, 3.8) is 0 Å². The van der Waals surface area contributed by atoms with Gasteiger partial charge in [0.25, 0.3) is 0 Å². The highest BCUT2D eigenvalue weighted by atomic mass is 16.3. The fourth-order valence-corrected chi connectivity index (χ4v) is 3.75. The smallest absolute Gasteiger partial charge is 0.176 e. The van der Waals surface area contributed by atoms with E-state index in [9.17, 15) is 9.90 Å². The SMILES string of the molecule is O=C(CN1CCC2(CCCC2)CC1)c1ccc(O)cc1. The van der Waals surface area contributed by atoms with Gasteiger partial charge in [0.2, 0.25) is 0 Å². The lowest BCUT2D eigenvalue weighted by Crippen LogP contribution is -2.41.